The lowest BCUT2D eigenvalue weighted by Gasteiger charge is -2.32. The van der Waals surface area contributed by atoms with E-state index in [1.165, 1.54) is 23.5 Å². The normalized spacial score (nSPS) is 16.3. The van der Waals surface area contributed by atoms with Crippen molar-refractivity contribution < 1.29 is 13.2 Å². The molecule has 6 nitrogen and oxygen atoms in total. The van der Waals surface area contributed by atoms with E-state index >= 15 is 0 Å². The summed E-state index contributed by atoms with van der Waals surface area (Å²) in [5, 5.41) is 0.839. The van der Waals surface area contributed by atoms with E-state index in [0.29, 0.717) is 10.4 Å². The molecule has 1 fully saturated rings. The van der Waals surface area contributed by atoms with Gasteiger partial charge in [-0.05, 0) is 19.2 Å². The van der Waals surface area contributed by atoms with E-state index in [9.17, 15) is 13.2 Å². The van der Waals surface area contributed by atoms with Crippen molar-refractivity contribution in [1.29, 1.82) is 0 Å². The largest absolute Gasteiger partial charge is 0.346 e. The minimum absolute atomic E-state index is 0.150. The maximum absolute atomic E-state index is 12.6. The third kappa shape index (κ3) is 3.66. The zero-order valence-electron chi connectivity index (χ0n) is 13.6. The Kier molecular flexibility index (Phi) is 4.71. The first-order chi connectivity index (χ1) is 11.3. The van der Waals surface area contributed by atoms with Gasteiger partial charge in [0.2, 0.25) is 5.78 Å². The van der Waals surface area contributed by atoms with E-state index < -0.39 is 9.84 Å². The molecule has 1 saturated heterocycles. The van der Waals surface area contributed by atoms with Crippen LogP contribution in [0.2, 0.25) is 0 Å². The van der Waals surface area contributed by atoms with Gasteiger partial charge in [0.25, 0.3) is 0 Å². The SMILES string of the molecule is CN1CCN(c2ncc(C(=O)c3cccc(S(C)(=O)=O)c3)s2)CC1. The molecule has 2 aromatic rings. The number of hydrogen-bond acceptors (Lipinski definition) is 7. The van der Waals surface area contributed by atoms with Crippen molar-refractivity contribution in [3.05, 3.63) is 40.9 Å². The predicted molar refractivity (Wildman–Crippen MR) is 94.8 cm³/mol. The highest BCUT2D eigenvalue weighted by molar-refractivity contribution is 7.90. The van der Waals surface area contributed by atoms with Gasteiger partial charge in [0.1, 0.15) is 0 Å². The van der Waals surface area contributed by atoms with Crippen molar-refractivity contribution in [3.63, 3.8) is 0 Å². The average Bonchev–Trinajstić information content (AvgIpc) is 3.04. The molecule has 3 rings (SSSR count). The number of rotatable bonds is 4. The first-order valence-corrected chi connectivity index (χ1v) is 10.3. The average molecular weight is 365 g/mol. The summed E-state index contributed by atoms with van der Waals surface area (Å²) in [5.74, 6) is -0.196. The number of carbonyl (C=O) groups excluding carboxylic acids is 1. The molecule has 0 saturated carbocycles. The summed E-state index contributed by atoms with van der Waals surface area (Å²) in [6.07, 6.45) is 2.71. The number of hydrogen-bond donors (Lipinski definition) is 0. The summed E-state index contributed by atoms with van der Waals surface area (Å²) in [4.78, 5) is 22.1. The molecule has 0 amide bonds. The summed E-state index contributed by atoms with van der Waals surface area (Å²) >= 11 is 1.35. The van der Waals surface area contributed by atoms with E-state index in [1.807, 2.05) is 0 Å². The molecule has 0 bridgehead atoms. The second-order valence-electron chi connectivity index (χ2n) is 5.93. The van der Waals surface area contributed by atoms with Gasteiger partial charge >= 0.3 is 0 Å². The van der Waals surface area contributed by atoms with Crippen molar-refractivity contribution in [2.24, 2.45) is 0 Å². The predicted octanol–water partition coefficient (Wildman–Crippen LogP) is 1.53. The molecule has 24 heavy (non-hydrogen) atoms. The number of sulfone groups is 1. The van der Waals surface area contributed by atoms with E-state index in [4.69, 9.17) is 0 Å². The Balaban J connectivity index is 1.81. The zero-order chi connectivity index (χ0) is 17.3. The summed E-state index contributed by atoms with van der Waals surface area (Å²) < 4.78 is 23.3. The summed E-state index contributed by atoms with van der Waals surface area (Å²) in [6, 6.07) is 6.14. The molecule has 0 atom stereocenters. The summed E-state index contributed by atoms with van der Waals surface area (Å²) in [5.41, 5.74) is 0.367. The number of carbonyl (C=O) groups is 1. The molecule has 1 aliphatic heterocycles. The quantitative estimate of drug-likeness (QED) is 0.766. The zero-order valence-corrected chi connectivity index (χ0v) is 15.2. The van der Waals surface area contributed by atoms with E-state index in [-0.39, 0.29) is 10.7 Å². The highest BCUT2D eigenvalue weighted by Crippen LogP contribution is 2.26. The topological polar surface area (TPSA) is 70.6 Å². The summed E-state index contributed by atoms with van der Waals surface area (Å²) in [6.45, 7) is 3.72. The van der Waals surface area contributed by atoms with Gasteiger partial charge in [-0.2, -0.15) is 0 Å². The lowest BCUT2D eigenvalue weighted by molar-refractivity contribution is 0.104. The van der Waals surface area contributed by atoms with Crippen molar-refractivity contribution >= 4 is 32.1 Å². The van der Waals surface area contributed by atoms with Crippen molar-refractivity contribution in [2.75, 3.05) is 44.4 Å². The molecular weight excluding hydrogens is 346 g/mol. The second-order valence-corrected chi connectivity index (χ2v) is 8.95. The van der Waals surface area contributed by atoms with Crippen molar-refractivity contribution in [3.8, 4) is 0 Å². The number of thiazole rings is 1. The number of ketones is 1. The minimum atomic E-state index is -3.34. The van der Waals surface area contributed by atoms with Crippen LogP contribution in [-0.2, 0) is 9.84 Å². The molecule has 0 unspecified atom stereocenters. The molecule has 1 aliphatic rings. The Morgan fingerprint density at radius 1 is 1.21 bits per heavy atom. The molecule has 0 N–H and O–H groups in total. The van der Waals surface area contributed by atoms with E-state index in [0.717, 1.165) is 37.6 Å². The number of anilines is 1. The lowest BCUT2D eigenvalue weighted by Crippen LogP contribution is -2.44. The Bertz CT molecular complexity index is 853. The monoisotopic (exact) mass is 365 g/mol. The maximum Gasteiger partial charge on any atom is 0.204 e. The number of piperazine rings is 1. The van der Waals surface area contributed by atoms with Crippen molar-refractivity contribution in [1.82, 2.24) is 9.88 Å². The third-order valence-electron chi connectivity index (χ3n) is 4.02. The number of benzene rings is 1. The number of nitrogens with zero attached hydrogens (tertiary/aromatic N) is 3. The fraction of sp³-hybridized carbons (Fsp3) is 0.375. The first kappa shape index (κ1) is 17.1. The van der Waals surface area contributed by atoms with Gasteiger partial charge in [-0.1, -0.05) is 23.5 Å². The van der Waals surface area contributed by atoms with Crippen LogP contribution in [0.4, 0.5) is 5.13 Å². The number of aromatic nitrogens is 1. The molecular formula is C16H19N3O3S2. The Morgan fingerprint density at radius 3 is 2.58 bits per heavy atom. The third-order valence-corrected chi connectivity index (χ3v) is 6.18. The highest BCUT2D eigenvalue weighted by Gasteiger charge is 2.20. The van der Waals surface area contributed by atoms with E-state index in [2.05, 4.69) is 21.8 Å². The van der Waals surface area contributed by atoms with Crippen LogP contribution < -0.4 is 4.90 Å². The smallest absolute Gasteiger partial charge is 0.204 e. The van der Waals surface area contributed by atoms with Crippen LogP contribution in [0.1, 0.15) is 15.2 Å². The molecule has 128 valence electrons. The number of likely N-dealkylation sites (N-methyl/N-ethyl adjacent to an activating group) is 1. The van der Waals surface area contributed by atoms with Crippen LogP contribution in [0, 0.1) is 0 Å². The van der Waals surface area contributed by atoms with Crippen LogP contribution in [0.5, 0.6) is 0 Å². The van der Waals surface area contributed by atoms with Crippen LogP contribution in [-0.4, -0.2) is 63.6 Å². The maximum atomic E-state index is 12.6. The fourth-order valence-electron chi connectivity index (χ4n) is 2.52. The van der Waals surface area contributed by atoms with Crippen LogP contribution in [0.25, 0.3) is 0 Å². The first-order valence-electron chi connectivity index (χ1n) is 7.59. The van der Waals surface area contributed by atoms with Crippen LogP contribution >= 0.6 is 11.3 Å². The van der Waals surface area contributed by atoms with Gasteiger partial charge in [-0.25, -0.2) is 13.4 Å². The second kappa shape index (κ2) is 6.62. The molecule has 1 aromatic heterocycles. The summed E-state index contributed by atoms with van der Waals surface area (Å²) in [7, 11) is -1.25. The van der Waals surface area contributed by atoms with Gasteiger partial charge in [-0.15, -0.1) is 0 Å². The van der Waals surface area contributed by atoms with Gasteiger partial charge in [0, 0.05) is 38.0 Å². The Labute approximate surface area is 145 Å². The Morgan fingerprint density at radius 2 is 1.92 bits per heavy atom. The fourth-order valence-corrected chi connectivity index (χ4v) is 4.12. The highest BCUT2D eigenvalue weighted by atomic mass is 32.2. The van der Waals surface area contributed by atoms with Crippen molar-refractivity contribution in [2.45, 2.75) is 4.90 Å². The molecule has 2 heterocycles. The van der Waals surface area contributed by atoms with Crippen LogP contribution in [0.15, 0.2) is 35.4 Å². The van der Waals surface area contributed by atoms with Gasteiger partial charge in [-0.3, -0.25) is 4.79 Å². The minimum Gasteiger partial charge on any atom is -0.346 e. The lowest BCUT2D eigenvalue weighted by atomic mass is 10.1. The molecule has 0 aliphatic carbocycles. The Hall–Kier alpha value is -1.77. The van der Waals surface area contributed by atoms with E-state index in [1.54, 1.807) is 18.3 Å². The van der Waals surface area contributed by atoms with Crippen LogP contribution in [0.3, 0.4) is 0 Å². The van der Waals surface area contributed by atoms with Gasteiger partial charge < -0.3 is 9.80 Å². The van der Waals surface area contributed by atoms with Gasteiger partial charge in [0.05, 0.1) is 16.0 Å². The molecule has 1 aromatic carbocycles. The molecule has 8 heteroatoms. The van der Waals surface area contributed by atoms with Gasteiger partial charge in [0.15, 0.2) is 15.0 Å². The molecule has 0 radical (unpaired) electrons. The molecule has 0 spiro atoms. The standard InChI is InChI=1S/C16H19N3O3S2/c1-18-6-8-19(9-7-18)16-17-11-14(23-16)15(20)12-4-3-5-13(10-12)24(2,21)22/h3-5,10-11H,6-9H2,1-2H3.